The van der Waals surface area contributed by atoms with Gasteiger partial charge in [-0.3, -0.25) is 0 Å². The lowest BCUT2D eigenvalue weighted by atomic mass is 10.2. The van der Waals surface area contributed by atoms with Crippen molar-refractivity contribution in [3.05, 3.63) is 38.8 Å². The standard InChI is InChI=1S/C11H9Cl2N3S/c1-2-10-15-16-11(17-10)14-6-7-3-4-8(12)5-9(7)13/h3-6H,2H2,1H3. The van der Waals surface area contributed by atoms with Gasteiger partial charge < -0.3 is 0 Å². The quantitative estimate of drug-likeness (QED) is 0.795. The molecule has 6 heteroatoms. The fourth-order valence-electron chi connectivity index (χ4n) is 1.17. The lowest BCUT2D eigenvalue weighted by Gasteiger charge is -1.96. The van der Waals surface area contributed by atoms with Gasteiger partial charge in [-0.2, -0.15) is 0 Å². The molecule has 2 rings (SSSR count). The smallest absolute Gasteiger partial charge is 0.226 e. The first-order valence-electron chi connectivity index (χ1n) is 5.00. The highest BCUT2D eigenvalue weighted by molar-refractivity contribution is 7.14. The maximum atomic E-state index is 6.02. The van der Waals surface area contributed by atoms with Crippen LogP contribution >= 0.6 is 34.5 Å². The Kier molecular flexibility index (Phi) is 4.10. The minimum absolute atomic E-state index is 0.571. The van der Waals surface area contributed by atoms with Crippen LogP contribution in [-0.2, 0) is 6.42 Å². The summed E-state index contributed by atoms with van der Waals surface area (Å²) in [5.41, 5.74) is 0.810. The molecule has 0 spiro atoms. The molecule has 0 aliphatic carbocycles. The molecule has 0 atom stereocenters. The average molecular weight is 286 g/mol. The molecule has 0 saturated heterocycles. The molecule has 1 aromatic heterocycles. The molecule has 1 heterocycles. The monoisotopic (exact) mass is 285 g/mol. The number of nitrogens with zero attached hydrogens (tertiary/aromatic N) is 3. The first kappa shape index (κ1) is 12.5. The Morgan fingerprint density at radius 1 is 1.35 bits per heavy atom. The maximum absolute atomic E-state index is 6.02. The van der Waals surface area contributed by atoms with Crippen molar-refractivity contribution in [2.75, 3.05) is 0 Å². The maximum Gasteiger partial charge on any atom is 0.231 e. The molecule has 3 nitrogen and oxygen atoms in total. The number of aromatic nitrogens is 2. The summed E-state index contributed by atoms with van der Waals surface area (Å²) in [4.78, 5) is 4.23. The zero-order chi connectivity index (χ0) is 12.3. The van der Waals surface area contributed by atoms with E-state index in [2.05, 4.69) is 15.2 Å². The number of halogens is 2. The summed E-state index contributed by atoms with van der Waals surface area (Å²) in [5.74, 6) is 0. The van der Waals surface area contributed by atoms with Gasteiger partial charge in [0.2, 0.25) is 5.13 Å². The molecular weight excluding hydrogens is 277 g/mol. The predicted octanol–water partition coefficient (Wildman–Crippen LogP) is 4.16. The van der Waals surface area contributed by atoms with Crippen LogP contribution in [0, 0.1) is 0 Å². The van der Waals surface area contributed by atoms with Crippen LogP contribution in [0.2, 0.25) is 10.0 Å². The van der Waals surface area contributed by atoms with Gasteiger partial charge in [0.05, 0.1) is 5.02 Å². The fraction of sp³-hybridized carbons (Fsp3) is 0.182. The van der Waals surface area contributed by atoms with E-state index < -0.39 is 0 Å². The van der Waals surface area contributed by atoms with Gasteiger partial charge in [-0.25, -0.2) is 4.99 Å². The SMILES string of the molecule is CCc1nnc(N=Cc2ccc(Cl)cc2Cl)s1. The third-order valence-electron chi connectivity index (χ3n) is 2.04. The van der Waals surface area contributed by atoms with E-state index in [0.717, 1.165) is 17.0 Å². The second-order valence-electron chi connectivity index (χ2n) is 3.26. The van der Waals surface area contributed by atoms with Crippen molar-refractivity contribution in [1.82, 2.24) is 10.2 Å². The number of aryl methyl sites for hydroxylation is 1. The number of benzene rings is 1. The van der Waals surface area contributed by atoms with E-state index in [-0.39, 0.29) is 0 Å². The van der Waals surface area contributed by atoms with Crippen molar-refractivity contribution < 1.29 is 0 Å². The summed E-state index contributed by atoms with van der Waals surface area (Å²) < 4.78 is 0. The van der Waals surface area contributed by atoms with Gasteiger partial charge in [0.15, 0.2) is 0 Å². The normalized spacial score (nSPS) is 11.2. The van der Waals surface area contributed by atoms with Gasteiger partial charge in [-0.1, -0.05) is 47.5 Å². The summed E-state index contributed by atoms with van der Waals surface area (Å²) >= 11 is 13.3. The molecule has 17 heavy (non-hydrogen) atoms. The number of hydrogen-bond donors (Lipinski definition) is 0. The summed E-state index contributed by atoms with van der Waals surface area (Å²) in [6, 6.07) is 5.27. The third kappa shape index (κ3) is 3.25. The Labute approximate surface area is 113 Å². The fourth-order valence-corrected chi connectivity index (χ4v) is 2.25. The van der Waals surface area contributed by atoms with Crippen LogP contribution in [0.15, 0.2) is 23.2 Å². The van der Waals surface area contributed by atoms with E-state index in [1.165, 1.54) is 11.3 Å². The molecule has 0 aliphatic heterocycles. The Morgan fingerprint density at radius 3 is 2.82 bits per heavy atom. The van der Waals surface area contributed by atoms with Crippen LogP contribution in [0.5, 0.6) is 0 Å². The molecule has 0 unspecified atom stereocenters. The molecular formula is C11H9Cl2N3S. The molecule has 0 amide bonds. The van der Waals surface area contributed by atoms with Crippen LogP contribution < -0.4 is 0 Å². The van der Waals surface area contributed by atoms with E-state index >= 15 is 0 Å². The molecule has 0 bridgehead atoms. The molecule has 0 fully saturated rings. The van der Waals surface area contributed by atoms with E-state index in [4.69, 9.17) is 23.2 Å². The van der Waals surface area contributed by atoms with Gasteiger partial charge in [0.25, 0.3) is 0 Å². The third-order valence-corrected chi connectivity index (χ3v) is 3.57. The topological polar surface area (TPSA) is 38.1 Å². The van der Waals surface area contributed by atoms with E-state index in [1.54, 1.807) is 18.3 Å². The van der Waals surface area contributed by atoms with Crippen molar-refractivity contribution >= 4 is 45.9 Å². The first-order chi connectivity index (χ1) is 8.19. The van der Waals surface area contributed by atoms with Crippen LogP contribution in [0.4, 0.5) is 5.13 Å². The minimum atomic E-state index is 0.571. The average Bonchev–Trinajstić information content (AvgIpc) is 2.76. The van der Waals surface area contributed by atoms with Crippen LogP contribution in [0.1, 0.15) is 17.5 Å². The lowest BCUT2D eigenvalue weighted by molar-refractivity contribution is 0.982. The zero-order valence-corrected chi connectivity index (χ0v) is 11.4. The van der Waals surface area contributed by atoms with Gasteiger partial charge in [-0.05, 0) is 18.6 Å². The number of aliphatic imine (C=N–C) groups is 1. The van der Waals surface area contributed by atoms with E-state index in [0.29, 0.717) is 15.2 Å². The van der Waals surface area contributed by atoms with Gasteiger partial charge in [0, 0.05) is 16.8 Å². The molecule has 0 radical (unpaired) electrons. The Bertz CT molecular complexity index is 551. The molecule has 1 aromatic carbocycles. The Balaban J connectivity index is 2.19. The molecule has 0 saturated carbocycles. The minimum Gasteiger partial charge on any atom is -0.226 e. The lowest BCUT2D eigenvalue weighted by Crippen LogP contribution is -1.82. The second-order valence-corrected chi connectivity index (χ2v) is 5.14. The van der Waals surface area contributed by atoms with Crippen LogP contribution in [-0.4, -0.2) is 16.4 Å². The summed E-state index contributed by atoms with van der Waals surface area (Å²) in [5, 5.41) is 10.7. The molecule has 0 aliphatic rings. The highest BCUT2D eigenvalue weighted by atomic mass is 35.5. The zero-order valence-electron chi connectivity index (χ0n) is 9.02. The summed E-state index contributed by atoms with van der Waals surface area (Å²) in [7, 11) is 0. The Hall–Kier alpha value is -0.970. The summed E-state index contributed by atoms with van der Waals surface area (Å²) in [6.07, 6.45) is 2.54. The number of rotatable bonds is 3. The van der Waals surface area contributed by atoms with Crippen LogP contribution in [0.25, 0.3) is 0 Å². The summed E-state index contributed by atoms with van der Waals surface area (Å²) in [6.45, 7) is 2.03. The van der Waals surface area contributed by atoms with E-state index in [9.17, 15) is 0 Å². The molecule has 2 aromatic rings. The van der Waals surface area contributed by atoms with Gasteiger partial charge >= 0.3 is 0 Å². The van der Waals surface area contributed by atoms with Crippen LogP contribution in [0.3, 0.4) is 0 Å². The van der Waals surface area contributed by atoms with Crippen molar-refractivity contribution in [2.24, 2.45) is 4.99 Å². The van der Waals surface area contributed by atoms with Crippen molar-refractivity contribution in [3.8, 4) is 0 Å². The second kappa shape index (κ2) is 5.58. The highest BCUT2D eigenvalue weighted by Gasteiger charge is 2.01. The molecule has 0 N–H and O–H groups in total. The van der Waals surface area contributed by atoms with Crippen molar-refractivity contribution in [3.63, 3.8) is 0 Å². The highest BCUT2D eigenvalue weighted by Crippen LogP contribution is 2.22. The number of hydrogen-bond acceptors (Lipinski definition) is 4. The van der Waals surface area contributed by atoms with Crippen molar-refractivity contribution in [1.29, 1.82) is 0 Å². The first-order valence-corrected chi connectivity index (χ1v) is 6.58. The Morgan fingerprint density at radius 2 is 2.18 bits per heavy atom. The van der Waals surface area contributed by atoms with Gasteiger partial charge in [-0.15, -0.1) is 10.2 Å². The van der Waals surface area contributed by atoms with Crippen molar-refractivity contribution in [2.45, 2.75) is 13.3 Å². The van der Waals surface area contributed by atoms with E-state index in [1.807, 2.05) is 13.0 Å². The van der Waals surface area contributed by atoms with Gasteiger partial charge in [0.1, 0.15) is 5.01 Å². The largest absolute Gasteiger partial charge is 0.231 e. The molecule has 88 valence electrons. The predicted molar refractivity (Wildman–Crippen MR) is 73.0 cm³/mol.